The summed E-state index contributed by atoms with van der Waals surface area (Å²) in [4.78, 5) is 4.16. The lowest BCUT2D eigenvalue weighted by molar-refractivity contribution is 0.318. The number of fused-ring (bicyclic) bond motifs is 1. The van der Waals surface area contributed by atoms with Gasteiger partial charge in [0.2, 0.25) is 5.88 Å². The highest BCUT2D eigenvalue weighted by atomic mass is 16.5. The summed E-state index contributed by atoms with van der Waals surface area (Å²) < 4.78 is 5.86. The van der Waals surface area contributed by atoms with Crippen LogP contribution in [0.3, 0.4) is 0 Å². The minimum atomic E-state index is -0.0432. The zero-order valence-electron chi connectivity index (χ0n) is 11.1. The molecule has 3 aromatic rings. The number of benzene rings is 2. The zero-order chi connectivity index (χ0) is 14.7. The first kappa shape index (κ1) is 12.9. The number of pyridine rings is 1. The second-order valence-corrected chi connectivity index (χ2v) is 4.42. The summed E-state index contributed by atoms with van der Waals surface area (Å²) in [5.41, 5.74) is 6.08. The van der Waals surface area contributed by atoms with Crippen molar-refractivity contribution in [3.8, 4) is 11.6 Å². The standard InChI is InChI=1S/C16H13N3O2/c17-15(19-20)13-8-4-10-18-16(13)21-14-9-3-6-11-5-1-2-7-12(11)14/h1-10,20H,(H2,17,19). The van der Waals surface area contributed by atoms with Gasteiger partial charge in [-0.2, -0.15) is 0 Å². The van der Waals surface area contributed by atoms with Gasteiger partial charge in [-0.25, -0.2) is 4.98 Å². The largest absolute Gasteiger partial charge is 0.438 e. The van der Waals surface area contributed by atoms with Gasteiger partial charge in [0.15, 0.2) is 5.84 Å². The number of aromatic nitrogens is 1. The second-order valence-electron chi connectivity index (χ2n) is 4.42. The molecule has 5 heteroatoms. The Bertz CT molecular complexity index is 810. The Labute approximate surface area is 121 Å². The summed E-state index contributed by atoms with van der Waals surface area (Å²) in [6, 6.07) is 17.0. The van der Waals surface area contributed by atoms with Crippen LogP contribution in [0.4, 0.5) is 0 Å². The van der Waals surface area contributed by atoms with Gasteiger partial charge < -0.3 is 15.7 Å². The molecule has 5 nitrogen and oxygen atoms in total. The lowest BCUT2D eigenvalue weighted by Gasteiger charge is -2.10. The van der Waals surface area contributed by atoms with Gasteiger partial charge in [-0.05, 0) is 23.6 Å². The Hall–Kier alpha value is -3.08. The lowest BCUT2D eigenvalue weighted by atomic mass is 10.1. The third-order valence-electron chi connectivity index (χ3n) is 3.11. The van der Waals surface area contributed by atoms with Crippen molar-refractivity contribution < 1.29 is 9.94 Å². The first-order chi connectivity index (χ1) is 10.3. The number of ether oxygens (including phenoxy) is 1. The molecule has 0 fully saturated rings. The van der Waals surface area contributed by atoms with Gasteiger partial charge in [-0.3, -0.25) is 0 Å². The van der Waals surface area contributed by atoms with Crippen molar-refractivity contribution in [1.29, 1.82) is 0 Å². The second kappa shape index (κ2) is 5.50. The number of oxime groups is 1. The fraction of sp³-hybridized carbons (Fsp3) is 0. The van der Waals surface area contributed by atoms with E-state index in [0.29, 0.717) is 17.2 Å². The van der Waals surface area contributed by atoms with E-state index in [-0.39, 0.29) is 5.84 Å². The van der Waals surface area contributed by atoms with E-state index in [1.54, 1.807) is 18.3 Å². The van der Waals surface area contributed by atoms with E-state index in [2.05, 4.69) is 10.1 Å². The van der Waals surface area contributed by atoms with Crippen molar-refractivity contribution in [2.24, 2.45) is 10.9 Å². The van der Waals surface area contributed by atoms with Crippen molar-refractivity contribution in [2.75, 3.05) is 0 Å². The predicted octanol–water partition coefficient (Wildman–Crippen LogP) is 3.12. The first-order valence-corrected chi connectivity index (χ1v) is 6.38. The molecule has 0 radical (unpaired) electrons. The quantitative estimate of drug-likeness (QED) is 0.334. The molecular weight excluding hydrogens is 266 g/mol. The summed E-state index contributed by atoms with van der Waals surface area (Å²) in [7, 11) is 0. The monoisotopic (exact) mass is 279 g/mol. The first-order valence-electron chi connectivity index (χ1n) is 6.38. The van der Waals surface area contributed by atoms with E-state index >= 15 is 0 Å². The highest BCUT2D eigenvalue weighted by molar-refractivity contribution is 5.99. The normalized spacial score (nSPS) is 11.5. The van der Waals surface area contributed by atoms with E-state index in [1.807, 2.05) is 42.5 Å². The molecule has 0 saturated heterocycles. The van der Waals surface area contributed by atoms with Crippen molar-refractivity contribution in [3.05, 3.63) is 66.4 Å². The third kappa shape index (κ3) is 2.49. The van der Waals surface area contributed by atoms with Gasteiger partial charge in [0, 0.05) is 11.6 Å². The van der Waals surface area contributed by atoms with Gasteiger partial charge in [0.1, 0.15) is 5.75 Å². The molecule has 0 spiro atoms. The van der Waals surface area contributed by atoms with Crippen molar-refractivity contribution in [2.45, 2.75) is 0 Å². The Morgan fingerprint density at radius 2 is 1.86 bits per heavy atom. The van der Waals surface area contributed by atoms with Crippen LogP contribution in [0, 0.1) is 0 Å². The van der Waals surface area contributed by atoms with Gasteiger partial charge in [-0.15, -0.1) is 0 Å². The predicted molar refractivity (Wildman–Crippen MR) is 80.8 cm³/mol. The Balaban J connectivity index is 2.08. The van der Waals surface area contributed by atoms with Gasteiger partial charge >= 0.3 is 0 Å². The van der Waals surface area contributed by atoms with Crippen LogP contribution >= 0.6 is 0 Å². The molecule has 3 rings (SSSR count). The van der Waals surface area contributed by atoms with Crippen LogP contribution < -0.4 is 10.5 Å². The minimum Gasteiger partial charge on any atom is -0.438 e. The Morgan fingerprint density at radius 3 is 2.71 bits per heavy atom. The van der Waals surface area contributed by atoms with Crippen LogP contribution in [0.2, 0.25) is 0 Å². The number of nitrogens with zero attached hydrogens (tertiary/aromatic N) is 2. The highest BCUT2D eigenvalue weighted by Gasteiger charge is 2.11. The van der Waals surface area contributed by atoms with Crippen LogP contribution in [0.25, 0.3) is 10.8 Å². The SMILES string of the molecule is N/C(=N\O)c1cccnc1Oc1cccc2ccccc12. The summed E-state index contributed by atoms with van der Waals surface area (Å²) in [6.07, 6.45) is 1.59. The van der Waals surface area contributed by atoms with E-state index in [4.69, 9.17) is 15.7 Å². The molecule has 104 valence electrons. The number of amidine groups is 1. The third-order valence-corrected chi connectivity index (χ3v) is 3.11. The number of nitrogens with two attached hydrogens (primary N) is 1. The maximum Gasteiger partial charge on any atom is 0.230 e. The number of hydrogen-bond acceptors (Lipinski definition) is 4. The minimum absolute atomic E-state index is 0.0432. The summed E-state index contributed by atoms with van der Waals surface area (Å²) in [6.45, 7) is 0. The smallest absolute Gasteiger partial charge is 0.230 e. The molecule has 0 aliphatic rings. The topological polar surface area (TPSA) is 80.7 Å². The van der Waals surface area contributed by atoms with Crippen molar-refractivity contribution in [1.82, 2.24) is 4.98 Å². The molecule has 0 amide bonds. The highest BCUT2D eigenvalue weighted by Crippen LogP contribution is 2.30. The van der Waals surface area contributed by atoms with Crippen LogP contribution in [0.15, 0.2) is 65.9 Å². The molecule has 0 aliphatic heterocycles. The molecule has 1 aromatic heterocycles. The Morgan fingerprint density at radius 1 is 1.05 bits per heavy atom. The zero-order valence-corrected chi connectivity index (χ0v) is 11.1. The molecule has 21 heavy (non-hydrogen) atoms. The van der Waals surface area contributed by atoms with Gasteiger partial charge in [-0.1, -0.05) is 41.6 Å². The van der Waals surface area contributed by atoms with Gasteiger partial charge in [0.25, 0.3) is 0 Å². The molecule has 2 aromatic carbocycles. The van der Waals surface area contributed by atoms with E-state index in [0.717, 1.165) is 10.8 Å². The number of rotatable bonds is 3. The van der Waals surface area contributed by atoms with Gasteiger partial charge in [0.05, 0.1) is 5.56 Å². The van der Waals surface area contributed by atoms with Crippen LogP contribution in [-0.4, -0.2) is 16.0 Å². The fourth-order valence-electron chi connectivity index (χ4n) is 2.11. The van der Waals surface area contributed by atoms with Crippen molar-refractivity contribution >= 4 is 16.6 Å². The van der Waals surface area contributed by atoms with E-state index in [1.165, 1.54) is 0 Å². The molecule has 3 N–H and O–H groups in total. The summed E-state index contributed by atoms with van der Waals surface area (Å²) >= 11 is 0. The average molecular weight is 279 g/mol. The summed E-state index contributed by atoms with van der Waals surface area (Å²) in [5.74, 6) is 0.918. The summed E-state index contributed by atoms with van der Waals surface area (Å²) in [5, 5.41) is 13.9. The number of hydrogen-bond donors (Lipinski definition) is 2. The molecule has 0 unspecified atom stereocenters. The van der Waals surface area contributed by atoms with E-state index < -0.39 is 0 Å². The molecule has 1 heterocycles. The van der Waals surface area contributed by atoms with E-state index in [9.17, 15) is 0 Å². The van der Waals surface area contributed by atoms with Crippen LogP contribution in [0.1, 0.15) is 5.56 Å². The van der Waals surface area contributed by atoms with Crippen LogP contribution in [-0.2, 0) is 0 Å². The maximum absolute atomic E-state index is 8.83. The fourth-order valence-corrected chi connectivity index (χ4v) is 2.11. The lowest BCUT2D eigenvalue weighted by Crippen LogP contribution is -2.14. The maximum atomic E-state index is 8.83. The molecule has 0 bridgehead atoms. The molecular formula is C16H13N3O2. The molecule has 0 aliphatic carbocycles. The molecule has 0 saturated carbocycles. The average Bonchev–Trinajstić information content (AvgIpc) is 2.55. The van der Waals surface area contributed by atoms with Crippen molar-refractivity contribution in [3.63, 3.8) is 0 Å². The van der Waals surface area contributed by atoms with Crippen LogP contribution in [0.5, 0.6) is 11.6 Å². The Kier molecular flexibility index (Phi) is 3.39. The molecule has 0 atom stereocenters.